The van der Waals surface area contributed by atoms with E-state index in [9.17, 15) is 4.79 Å². The summed E-state index contributed by atoms with van der Waals surface area (Å²) in [5, 5.41) is 0. The number of hydrogen-bond acceptors (Lipinski definition) is 5. The molecule has 0 bridgehead atoms. The normalized spacial score (nSPS) is 13.9. The lowest BCUT2D eigenvalue weighted by Gasteiger charge is -2.32. The van der Waals surface area contributed by atoms with Gasteiger partial charge < -0.3 is 14.6 Å². The van der Waals surface area contributed by atoms with Gasteiger partial charge in [-0.3, -0.25) is 9.78 Å². The Hall–Kier alpha value is -3.67. The second-order valence-electron chi connectivity index (χ2n) is 7.99. The number of benzene rings is 1. The highest BCUT2D eigenvalue weighted by Gasteiger charge is 2.21. The number of hydrogen-bond donors (Lipinski definition) is 1. The van der Waals surface area contributed by atoms with Crippen LogP contribution in [0.2, 0.25) is 0 Å². The molecule has 0 radical (unpaired) electrons. The van der Waals surface area contributed by atoms with Gasteiger partial charge in [0.15, 0.2) is 0 Å². The van der Waals surface area contributed by atoms with Gasteiger partial charge in [-0.1, -0.05) is 31.7 Å². The van der Waals surface area contributed by atoms with E-state index < -0.39 is 0 Å². The van der Waals surface area contributed by atoms with Crippen molar-refractivity contribution in [1.82, 2.24) is 19.9 Å². The third-order valence-electron chi connectivity index (χ3n) is 6.00. The Balaban J connectivity index is 1.55. The smallest absolute Gasteiger partial charge is 0.251 e. The topological polar surface area (TPSA) is 71.1 Å². The van der Waals surface area contributed by atoms with E-state index in [1.165, 1.54) is 17.8 Å². The maximum atomic E-state index is 11.7. The number of aromatic nitrogens is 3. The molecule has 0 spiro atoms. The molecule has 0 aliphatic carbocycles. The summed E-state index contributed by atoms with van der Waals surface area (Å²) < 4.78 is 6.16. The lowest BCUT2D eigenvalue weighted by Crippen LogP contribution is -2.30. The van der Waals surface area contributed by atoms with Gasteiger partial charge in [0.25, 0.3) is 5.56 Å². The fourth-order valence-corrected chi connectivity index (χ4v) is 3.90. The molecule has 1 aliphatic rings. The third-order valence-corrected chi connectivity index (χ3v) is 6.00. The summed E-state index contributed by atoms with van der Waals surface area (Å²) in [6.45, 7) is 12.0. The third kappa shape index (κ3) is 4.49. The molecule has 3 aromatic rings. The number of ether oxygens (including phenoxy) is 1. The van der Waals surface area contributed by atoms with E-state index >= 15 is 0 Å². The number of aryl methyl sites for hydroxylation is 1. The van der Waals surface area contributed by atoms with Crippen LogP contribution in [0.25, 0.3) is 5.57 Å². The molecule has 1 aromatic carbocycles. The van der Waals surface area contributed by atoms with Gasteiger partial charge in [0.05, 0.1) is 6.20 Å². The predicted molar refractivity (Wildman–Crippen MR) is 127 cm³/mol. The van der Waals surface area contributed by atoms with Crippen LogP contribution in [0.15, 0.2) is 71.4 Å². The summed E-state index contributed by atoms with van der Waals surface area (Å²) in [5.74, 6) is 2.18. The van der Waals surface area contributed by atoms with Crippen molar-refractivity contribution in [2.24, 2.45) is 0 Å². The van der Waals surface area contributed by atoms with Crippen LogP contribution in [-0.2, 0) is 19.4 Å². The molecule has 32 heavy (non-hydrogen) atoms. The van der Waals surface area contributed by atoms with E-state index in [-0.39, 0.29) is 5.56 Å². The van der Waals surface area contributed by atoms with E-state index in [1.807, 2.05) is 38.2 Å². The van der Waals surface area contributed by atoms with Crippen LogP contribution < -0.4 is 10.3 Å². The maximum absolute atomic E-state index is 11.7. The number of nitrogens with zero attached hydrogens (tertiary/aromatic N) is 3. The Labute approximate surface area is 188 Å². The molecule has 0 atom stereocenters. The number of allylic oxidation sites excluding steroid dienone is 2. The molecule has 6 heteroatoms. The molecule has 0 fully saturated rings. The Morgan fingerprint density at radius 1 is 1.22 bits per heavy atom. The second-order valence-corrected chi connectivity index (χ2v) is 7.99. The second kappa shape index (κ2) is 9.22. The highest BCUT2D eigenvalue weighted by Crippen LogP contribution is 2.30. The molecular formula is C26H28N4O2. The summed E-state index contributed by atoms with van der Waals surface area (Å²) >= 11 is 0. The van der Waals surface area contributed by atoms with Crippen LogP contribution in [0, 0.1) is 0 Å². The van der Waals surface area contributed by atoms with E-state index in [0.717, 1.165) is 59.0 Å². The highest BCUT2D eigenvalue weighted by molar-refractivity contribution is 5.65. The van der Waals surface area contributed by atoms with Gasteiger partial charge in [-0.15, -0.1) is 0 Å². The number of fused-ring (bicyclic) bond motifs is 1. The van der Waals surface area contributed by atoms with Crippen molar-refractivity contribution < 1.29 is 4.74 Å². The molecule has 0 saturated carbocycles. The van der Waals surface area contributed by atoms with E-state index in [1.54, 1.807) is 0 Å². The minimum absolute atomic E-state index is 0.164. The van der Waals surface area contributed by atoms with Crippen LogP contribution in [0.3, 0.4) is 0 Å². The largest absolute Gasteiger partial charge is 0.455 e. The lowest BCUT2D eigenvalue weighted by molar-refractivity contribution is 0.325. The molecule has 4 rings (SSSR count). The number of aromatic amines is 1. The highest BCUT2D eigenvalue weighted by atomic mass is 16.5. The van der Waals surface area contributed by atoms with Gasteiger partial charge >= 0.3 is 0 Å². The molecule has 1 aliphatic heterocycles. The minimum atomic E-state index is -0.164. The summed E-state index contributed by atoms with van der Waals surface area (Å²) in [4.78, 5) is 25.6. The van der Waals surface area contributed by atoms with E-state index in [4.69, 9.17) is 4.74 Å². The van der Waals surface area contributed by atoms with Crippen LogP contribution in [0.5, 0.6) is 11.5 Å². The summed E-state index contributed by atoms with van der Waals surface area (Å²) in [5.41, 5.74) is 6.07. The maximum Gasteiger partial charge on any atom is 0.251 e. The Morgan fingerprint density at radius 2 is 2.03 bits per heavy atom. The fourth-order valence-electron chi connectivity index (χ4n) is 3.90. The monoisotopic (exact) mass is 428 g/mol. The first kappa shape index (κ1) is 21.6. The van der Waals surface area contributed by atoms with Gasteiger partial charge in [-0.2, -0.15) is 0 Å². The number of nitrogens with one attached hydrogen (secondary N) is 1. The van der Waals surface area contributed by atoms with Gasteiger partial charge in [-0.25, -0.2) is 4.98 Å². The summed E-state index contributed by atoms with van der Waals surface area (Å²) in [7, 11) is 0. The fraction of sp³-hybridized carbons (Fsp3) is 0.269. The van der Waals surface area contributed by atoms with Crippen LogP contribution in [0.1, 0.15) is 43.4 Å². The summed E-state index contributed by atoms with van der Waals surface area (Å²) in [6, 6.07) is 11.6. The van der Waals surface area contributed by atoms with Gasteiger partial charge in [0.1, 0.15) is 17.3 Å². The van der Waals surface area contributed by atoms with Crippen molar-refractivity contribution in [3.05, 3.63) is 99.6 Å². The molecular weight excluding hydrogens is 400 g/mol. The van der Waals surface area contributed by atoms with Crippen molar-refractivity contribution in [2.45, 2.75) is 40.2 Å². The molecule has 6 nitrogen and oxygen atoms in total. The molecule has 1 N–H and O–H groups in total. The average molecular weight is 429 g/mol. The molecule has 0 unspecified atom stereocenters. The van der Waals surface area contributed by atoms with Crippen LogP contribution >= 0.6 is 0 Å². The van der Waals surface area contributed by atoms with Crippen molar-refractivity contribution in [3.63, 3.8) is 0 Å². The van der Waals surface area contributed by atoms with Gasteiger partial charge in [-0.05, 0) is 54.7 Å². The standard InChI is InChI=1S/C26H28N4O2/c1-5-20-8-6-7-9-24(20)32-22-14-21-16-30(13-11-23(21)28-15-22)19(4)17(2)18(3)26-27-12-10-25(31)29-26/h6-10,12,14-15H,4-5,11,13,16H2,1-3H3,(H,27,29,31)/b18-17-. The van der Waals surface area contributed by atoms with E-state index in [2.05, 4.69) is 45.5 Å². The van der Waals surface area contributed by atoms with Gasteiger partial charge in [0.2, 0.25) is 0 Å². The first-order valence-corrected chi connectivity index (χ1v) is 10.9. The Bertz CT molecular complexity index is 1240. The Kier molecular flexibility index (Phi) is 6.21. The number of pyridine rings is 1. The minimum Gasteiger partial charge on any atom is -0.455 e. The predicted octanol–water partition coefficient (Wildman–Crippen LogP) is 4.89. The molecule has 3 heterocycles. The lowest BCUT2D eigenvalue weighted by atomic mass is 10.0. The van der Waals surface area contributed by atoms with Crippen LogP contribution in [-0.4, -0.2) is 26.4 Å². The summed E-state index contributed by atoms with van der Waals surface area (Å²) in [6.07, 6.45) is 5.08. The van der Waals surface area contributed by atoms with Crippen molar-refractivity contribution in [1.29, 1.82) is 0 Å². The number of H-pyrrole nitrogens is 1. The molecule has 2 aromatic heterocycles. The first-order valence-electron chi connectivity index (χ1n) is 10.9. The molecule has 0 amide bonds. The van der Waals surface area contributed by atoms with Crippen molar-refractivity contribution in [2.75, 3.05) is 6.54 Å². The molecule has 0 saturated heterocycles. The number of para-hydroxylation sites is 1. The van der Waals surface area contributed by atoms with Crippen LogP contribution in [0.4, 0.5) is 0 Å². The van der Waals surface area contributed by atoms with Gasteiger partial charge in [0, 0.05) is 43.2 Å². The zero-order valence-corrected chi connectivity index (χ0v) is 18.8. The Morgan fingerprint density at radius 3 is 2.81 bits per heavy atom. The average Bonchev–Trinajstić information content (AvgIpc) is 2.82. The van der Waals surface area contributed by atoms with Crippen molar-refractivity contribution in [3.8, 4) is 11.5 Å². The zero-order chi connectivity index (χ0) is 22.7. The molecule has 164 valence electrons. The van der Waals surface area contributed by atoms with Crippen molar-refractivity contribution >= 4 is 5.57 Å². The number of rotatable bonds is 6. The zero-order valence-electron chi connectivity index (χ0n) is 18.8. The SMILES string of the molecule is C=C(/C(C)=C(/C)c1nccc(=O)[nH]1)N1CCc2ncc(Oc3ccccc3CC)cc2C1. The first-order chi connectivity index (χ1) is 15.5. The quantitative estimate of drug-likeness (QED) is 0.566. The van der Waals surface area contributed by atoms with E-state index in [0.29, 0.717) is 12.4 Å².